The van der Waals surface area contributed by atoms with E-state index in [1.54, 1.807) is 24.8 Å². The highest BCUT2D eigenvalue weighted by molar-refractivity contribution is 5.95. The Balaban J connectivity index is 1.59. The van der Waals surface area contributed by atoms with Gasteiger partial charge in [-0.2, -0.15) is 0 Å². The summed E-state index contributed by atoms with van der Waals surface area (Å²) in [6.45, 7) is 3.83. The van der Waals surface area contributed by atoms with Gasteiger partial charge in [-0.3, -0.25) is 14.6 Å². The van der Waals surface area contributed by atoms with Crippen LogP contribution in [0.1, 0.15) is 59.4 Å². The number of pyridine rings is 2. The average Bonchev–Trinajstić information content (AvgIpc) is 3.49. The minimum Gasteiger partial charge on any atom is -0.352 e. The molecule has 1 fully saturated rings. The molecule has 0 unspecified atom stereocenters. The summed E-state index contributed by atoms with van der Waals surface area (Å²) >= 11 is 0. The molecule has 1 amide bonds. The van der Waals surface area contributed by atoms with E-state index in [1.165, 1.54) is 12.8 Å². The van der Waals surface area contributed by atoms with Crippen molar-refractivity contribution >= 4 is 5.91 Å². The van der Waals surface area contributed by atoms with Gasteiger partial charge in [0.15, 0.2) is 5.43 Å². The molecule has 3 aromatic rings. The lowest BCUT2D eigenvalue weighted by Gasteiger charge is -2.22. The highest BCUT2D eigenvalue weighted by atomic mass is 16.2. The molecule has 168 valence electrons. The van der Waals surface area contributed by atoms with Gasteiger partial charge in [0.25, 0.3) is 5.91 Å². The van der Waals surface area contributed by atoms with Crippen molar-refractivity contribution in [3.63, 3.8) is 0 Å². The molecule has 1 N–H and O–H groups in total. The van der Waals surface area contributed by atoms with Crippen molar-refractivity contribution in [3.8, 4) is 0 Å². The molecule has 0 atom stereocenters. The predicted octanol–water partition coefficient (Wildman–Crippen LogP) is 3.35. The summed E-state index contributed by atoms with van der Waals surface area (Å²) in [5.74, 6) is 0.248. The molecule has 0 radical (unpaired) electrons. The van der Waals surface area contributed by atoms with Crippen LogP contribution >= 0.6 is 0 Å². The van der Waals surface area contributed by atoms with Crippen LogP contribution in [-0.4, -0.2) is 31.6 Å². The van der Waals surface area contributed by atoms with Gasteiger partial charge in [-0.1, -0.05) is 31.7 Å². The number of nitrogens with one attached hydrogen (secondary N) is 1. The number of carbonyl (C=O) groups is 1. The van der Waals surface area contributed by atoms with Crippen molar-refractivity contribution < 1.29 is 4.79 Å². The van der Waals surface area contributed by atoms with E-state index in [1.807, 2.05) is 36.0 Å². The number of carbonyl (C=O) groups excluding carboxylic acids is 1. The van der Waals surface area contributed by atoms with Crippen molar-refractivity contribution in [1.82, 2.24) is 24.4 Å². The van der Waals surface area contributed by atoms with Crippen LogP contribution in [0.2, 0.25) is 0 Å². The van der Waals surface area contributed by atoms with E-state index in [0.29, 0.717) is 24.6 Å². The number of aryl methyl sites for hydroxylation is 2. The zero-order chi connectivity index (χ0) is 22.3. The van der Waals surface area contributed by atoms with Crippen molar-refractivity contribution in [2.24, 2.45) is 5.92 Å². The second-order valence-electron chi connectivity index (χ2n) is 8.68. The van der Waals surface area contributed by atoms with Gasteiger partial charge in [-0.25, -0.2) is 4.98 Å². The van der Waals surface area contributed by atoms with Crippen molar-refractivity contribution in [1.29, 1.82) is 0 Å². The molecule has 1 saturated carbocycles. The van der Waals surface area contributed by atoms with Gasteiger partial charge in [-0.15, -0.1) is 0 Å². The van der Waals surface area contributed by atoms with E-state index in [-0.39, 0.29) is 11.3 Å². The molecule has 0 saturated heterocycles. The summed E-state index contributed by atoms with van der Waals surface area (Å²) in [6.07, 6.45) is 15.3. The molecule has 3 heterocycles. The van der Waals surface area contributed by atoms with E-state index in [0.717, 1.165) is 49.2 Å². The second kappa shape index (κ2) is 10.4. The van der Waals surface area contributed by atoms with Crippen LogP contribution in [0.4, 0.5) is 0 Å². The molecule has 7 nitrogen and oxygen atoms in total. The van der Waals surface area contributed by atoms with Gasteiger partial charge in [0.05, 0.1) is 6.33 Å². The second-order valence-corrected chi connectivity index (χ2v) is 8.68. The van der Waals surface area contributed by atoms with E-state index >= 15 is 0 Å². The Morgan fingerprint density at radius 3 is 2.78 bits per heavy atom. The third-order valence-corrected chi connectivity index (χ3v) is 6.31. The van der Waals surface area contributed by atoms with E-state index in [2.05, 4.69) is 19.9 Å². The molecule has 0 aliphatic heterocycles. The monoisotopic (exact) mass is 433 g/mol. The Bertz CT molecular complexity index is 1080. The Labute approximate surface area is 188 Å². The van der Waals surface area contributed by atoms with Crippen LogP contribution < -0.4 is 10.7 Å². The first kappa shape index (κ1) is 22.0. The third kappa shape index (κ3) is 5.33. The lowest BCUT2D eigenvalue weighted by Crippen LogP contribution is -2.34. The van der Waals surface area contributed by atoms with Crippen LogP contribution in [0.15, 0.2) is 54.1 Å². The smallest absolute Gasteiger partial charge is 0.257 e. The molecule has 0 bridgehead atoms. The number of imidazole rings is 1. The van der Waals surface area contributed by atoms with Gasteiger partial charge in [0.2, 0.25) is 0 Å². The fraction of sp³-hybridized carbons (Fsp3) is 0.440. The lowest BCUT2D eigenvalue weighted by atomic mass is 9.96. The number of hydrogen-bond donors (Lipinski definition) is 1. The molecule has 1 aliphatic rings. The Kier molecular flexibility index (Phi) is 7.14. The Morgan fingerprint density at radius 1 is 1.22 bits per heavy atom. The normalized spacial score (nSPS) is 14.0. The van der Waals surface area contributed by atoms with E-state index in [4.69, 9.17) is 0 Å². The number of amides is 1. The Hall–Kier alpha value is -3.22. The van der Waals surface area contributed by atoms with E-state index < -0.39 is 0 Å². The predicted molar refractivity (Wildman–Crippen MR) is 124 cm³/mol. The first-order chi connectivity index (χ1) is 15.6. The molecular weight excluding hydrogens is 402 g/mol. The van der Waals surface area contributed by atoms with Gasteiger partial charge in [0.1, 0.15) is 5.56 Å². The SMILES string of the molecule is Cc1cc(=O)c(C(=O)NCCCn2ccnc2)c(CC2CCCC2)n1Cc1cccnc1. The summed E-state index contributed by atoms with van der Waals surface area (Å²) in [6, 6.07) is 5.53. The third-order valence-electron chi connectivity index (χ3n) is 6.31. The minimum atomic E-state index is -0.270. The van der Waals surface area contributed by atoms with Crippen molar-refractivity contribution in [2.45, 2.75) is 58.5 Å². The van der Waals surface area contributed by atoms with Crippen LogP contribution in [0.3, 0.4) is 0 Å². The van der Waals surface area contributed by atoms with Gasteiger partial charge in [0, 0.05) is 61.9 Å². The van der Waals surface area contributed by atoms with Gasteiger partial charge >= 0.3 is 0 Å². The summed E-state index contributed by atoms with van der Waals surface area (Å²) in [5, 5.41) is 2.98. The lowest BCUT2D eigenvalue weighted by molar-refractivity contribution is 0.0949. The summed E-state index contributed by atoms with van der Waals surface area (Å²) in [7, 11) is 0. The molecule has 0 spiro atoms. The number of nitrogens with zero attached hydrogens (tertiary/aromatic N) is 4. The van der Waals surface area contributed by atoms with Crippen LogP contribution in [0.25, 0.3) is 0 Å². The van der Waals surface area contributed by atoms with Crippen LogP contribution in [0, 0.1) is 12.8 Å². The maximum atomic E-state index is 13.2. The summed E-state index contributed by atoms with van der Waals surface area (Å²) < 4.78 is 4.11. The summed E-state index contributed by atoms with van der Waals surface area (Å²) in [4.78, 5) is 34.4. The molecule has 4 rings (SSSR count). The topological polar surface area (TPSA) is 81.8 Å². The van der Waals surface area contributed by atoms with Crippen LogP contribution in [-0.2, 0) is 19.5 Å². The first-order valence-electron chi connectivity index (χ1n) is 11.5. The van der Waals surface area contributed by atoms with Crippen molar-refractivity contribution in [2.75, 3.05) is 6.54 Å². The standard InChI is InChI=1S/C25H31N5O2/c1-19-14-23(31)24(25(32)28-10-5-12-29-13-11-27-18-29)22(15-20-6-2-3-7-20)30(19)17-21-8-4-9-26-16-21/h4,8-9,11,13-14,16,18,20H,2-3,5-7,10,12,15,17H2,1H3,(H,28,32). The molecular formula is C25H31N5O2. The summed E-state index contributed by atoms with van der Waals surface area (Å²) in [5.41, 5.74) is 2.90. The van der Waals surface area contributed by atoms with Crippen LogP contribution in [0.5, 0.6) is 0 Å². The highest BCUT2D eigenvalue weighted by Crippen LogP contribution is 2.29. The molecule has 3 aromatic heterocycles. The van der Waals surface area contributed by atoms with Crippen molar-refractivity contribution in [3.05, 3.63) is 82.1 Å². The molecule has 0 aromatic carbocycles. The average molecular weight is 434 g/mol. The number of hydrogen-bond acceptors (Lipinski definition) is 4. The fourth-order valence-electron chi connectivity index (χ4n) is 4.64. The number of rotatable bonds is 9. The number of aromatic nitrogens is 4. The maximum Gasteiger partial charge on any atom is 0.257 e. The van der Waals surface area contributed by atoms with Gasteiger partial charge in [-0.05, 0) is 37.3 Å². The zero-order valence-electron chi connectivity index (χ0n) is 18.7. The molecule has 7 heteroatoms. The maximum absolute atomic E-state index is 13.2. The fourth-order valence-corrected chi connectivity index (χ4v) is 4.64. The minimum absolute atomic E-state index is 0.190. The first-order valence-corrected chi connectivity index (χ1v) is 11.5. The largest absolute Gasteiger partial charge is 0.352 e. The molecule has 1 aliphatic carbocycles. The quantitative estimate of drug-likeness (QED) is 0.525. The highest BCUT2D eigenvalue weighted by Gasteiger charge is 2.24. The zero-order valence-corrected chi connectivity index (χ0v) is 18.7. The van der Waals surface area contributed by atoms with Gasteiger partial charge < -0.3 is 14.5 Å². The van der Waals surface area contributed by atoms with E-state index in [9.17, 15) is 9.59 Å². The molecule has 32 heavy (non-hydrogen) atoms. The Morgan fingerprint density at radius 2 is 2.06 bits per heavy atom.